The van der Waals surface area contributed by atoms with Crippen LogP contribution in [0.15, 0.2) is 36.1 Å². The van der Waals surface area contributed by atoms with Crippen LogP contribution in [-0.2, 0) is 9.59 Å². The molecular weight excluding hydrogens is 242 g/mol. The van der Waals surface area contributed by atoms with Crippen LogP contribution in [0.2, 0.25) is 0 Å². The summed E-state index contributed by atoms with van der Waals surface area (Å²) in [6.45, 7) is 7.65. The Morgan fingerprint density at radius 2 is 1.95 bits per heavy atom. The Bertz CT molecular complexity index is 326. The number of hydrogen-bond donors (Lipinski definition) is 2. The first-order valence-corrected chi connectivity index (χ1v) is 6.24. The van der Waals surface area contributed by atoms with E-state index in [2.05, 4.69) is 11.9 Å². The van der Waals surface area contributed by atoms with Crippen molar-refractivity contribution in [1.82, 2.24) is 5.32 Å². The summed E-state index contributed by atoms with van der Waals surface area (Å²) in [5.74, 6) is 0.496. The number of hydrogen-bond acceptors (Lipinski definition) is 4. The van der Waals surface area contributed by atoms with E-state index in [1.807, 2.05) is 7.05 Å². The second-order valence-electron chi connectivity index (χ2n) is 4.03. The third-order valence-electron chi connectivity index (χ3n) is 2.08. The quantitative estimate of drug-likeness (QED) is 0.307. The Morgan fingerprint density at radius 1 is 1.32 bits per heavy atom. The van der Waals surface area contributed by atoms with Crippen LogP contribution in [0.1, 0.15) is 33.1 Å². The lowest BCUT2D eigenvalue weighted by molar-refractivity contribution is -0.117. The number of aliphatic hydroxyl groups excluding tert-OH is 1. The van der Waals surface area contributed by atoms with Gasteiger partial charge in [-0.05, 0) is 45.5 Å². The predicted molar refractivity (Wildman–Crippen MR) is 79.2 cm³/mol. The van der Waals surface area contributed by atoms with E-state index < -0.39 is 0 Å². The van der Waals surface area contributed by atoms with Crippen molar-refractivity contribution >= 4 is 12.1 Å². The molecule has 0 aliphatic rings. The first kappa shape index (κ1) is 19.7. The van der Waals surface area contributed by atoms with Gasteiger partial charge >= 0.3 is 0 Å². The highest BCUT2D eigenvalue weighted by atomic mass is 16.3. The lowest BCUT2D eigenvalue weighted by Gasteiger charge is -1.93. The summed E-state index contributed by atoms with van der Waals surface area (Å²) in [5, 5.41) is 11.7. The lowest BCUT2D eigenvalue weighted by atomic mass is 10.2. The van der Waals surface area contributed by atoms with E-state index in [1.165, 1.54) is 6.08 Å². The van der Waals surface area contributed by atoms with Gasteiger partial charge in [-0.1, -0.05) is 18.7 Å². The van der Waals surface area contributed by atoms with Gasteiger partial charge in [0.25, 0.3) is 0 Å². The van der Waals surface area contributed by atoms with Gasteiger partial charge in [-0.15, -0.1) is 0 Å². The number of carbonyl (C=O) groups is 2. The molecule has 0 aromatic carbocycles. The molecule has 4 nitrogen and oxygen atoms in total. The van der Waals surface area contributed by atoms with Crippen molar-refractivity contribution < 1.29 is 14.7 Å². The number of nitrogens with one attached hydrogen (secondary N) is 1. The molecule has 0 radical (unpaired) electrons. The van der Waals surface area contributed by atoms with Gasteiger partial charge in [0.15, 0.2) is 0 Å². The van der Waals surface area contributed by atoms with Gasteiger partial charge in [0.2, 0.25) is 0 Å². The molecule has 4 heteroatoms. The van der Waals surface area contributed by atoms with Crippen LogP contribution in [0.5, 0.6) is 0 Å². The number of ketones is 1. The molecular formula is C15H25NO3. The maximum Gasteiger partial charge on any atom is 0.129 e. The Labute approximate surface area is 115 Å². The van der Waals surface area contributed by atoms with Crippen molar-refractivity contribution in [3.05, 3.63) is 36.1 Å². The second kappa shape index (κ2) is 14.4. The molecule has 0 fully saturated rings. The monoisotopic (exact) mass is 267 g/mol. The van der Waals surface area contributed by atoms with Gasteiger partial charge in [-0.2, -0.15) is 0 Å². The Kier molecular flexibility index (Phi) is 14.9. The number of rotatable bonds is 8. The molecule has 0 aliphatic heterocycles. The van der Waals surface area contributed by atoms with E-state index in [1.54, 1.807) is 26.0 Å². The maximum absolute atomic E-state index is 10.3. The van der Waals surface area contributed by atoms with Gasteiger partial charge in [0, 0.05) is 12.8 Å². The molecule has 0 aromatic rings. The highest BCUT2D eigenvalue weighted by molar-refractivity contribution is 5.75. The topological polar surface area (TPSA) is 66.4 Å². The molecule has 19 heavy (non-hydrogen) atoms. The fourth-order valence-corrected chi connectivity index (χ4v) is 1.06. The minimum Gasteiger partial charge on any atom is -0.513 e. The number of aliphatic hydroxyl groups is 1. The van der Waals surface area contributed by atoms with Crippen LogP contribution in [0.25, 0.3) is 0 Å². The highest BCUT2D eigenvalue weighted by Crippen LogP contribution is 2.00. The summed E-state index contributed by atoms with van der Waals surface area (Å²) in [6.07, 6.45) is 7.60. The van der Waals surface area contributed by atoms with Gasteiger partial charge in [0.05, 0.1) is 5.76 Å². The van der Waals surface area contributed by atoms with Crippen LogP contribution in [0.3, 0.4) is 0 Å². The Morgan fingerprint density at radius 3 is 2.32 bits per heavy atom. The summed E-state index contributed by atoms with van der Waals surface area (Å²) < 4.78 is 0. The fraction of sp³-hybridized carbons (Fsp3) is 0.467. The molecule has 0 rings (SSSR count). The third kappa shape index (κ3) is 18.9. The van der Waals surface area contributed by atoms with Gasteiger partial charge in [0.1, 0.15) is 12.1 Å². The number of aldehydes is 1. The Hall–Kier alpha value is -1.68. The van der Waals surface area contributed by atoms with Crippen LogP contribution < -0.4 is 5.32 Å². The minimum atomic E-state index is 0.218. The molecule has 0 atom stereocenters. The molecule has 0 saturated heterocycles. The zero-order valence-electron chi connectivity index (χ0n) is 12.1. The molecule has 108 valence electrons. The van der Waals surface area contributed by atoms with Crippen molar-refractivity contribution in [1.29, 1.82) is 0 Å². The number of allylic oxidation sites excluding steroid dienone is 5. The summed E-state index contributed by atoms with van der Waals surface area (Å²) in [5.41, 5.74) is 0.799. The smallest absolute Gasteiger partial charge is 0.129 e. The van der Waals surface area contributed by atoms with E-state index in [0.29, 0.717) is 12.8 Å². The lowest BCUT2D eigenvalue weighted by Crippen LogP contribution is -2.08. The summed E-state index contributed by atoms with van der Waals surface area (Å²) in [6, 6.07) is 0. The molecule has 0 spiro atoms. The molecule has 0 amide bonds. The highest BCUT2D eigenvalue weighted by Gasteiger charge is 1.89. The zero-order chi connectivity index (χ0) is 15.1. The average molecular weight is 267 g/mol. The summed E-state index contributed by atoms with van der Waals surface area (Å²) in [4.78, 5) is 20.3. The normalized spacial score (nSPS) is 11.3. The van der Waals surface area contributed by atoms with Gasteiger partial charge < -0.3 is 20.0 Å². The predicted octanol–water partition coefficient (Wildman–Crippen LogP) is 2.72. The zero-order valence-corrected chi connectivity index (χ0v) is 12.1. The van der Waals surface area contributed by atoms with Gasteiger partial charge in [-0.3, -0.25) is 0 Å². The summed E-state index contributed by atoms with van der Waals surface area (Å²) in [7, 11) is 1.89. The number of carbonyl (C=O) groups excluding carboxylic acids is 2. The van der Waals surface area contributed by atoms with Crippen LogP contribution >= 0.6 is 0 Å². The number of Topliss-reactive ketones (excluding diaryl/α,β-unsaturated/α-hetero) is 1. The first-order valence-electron chi connectivity index (χ1n) is 6.24. The molecule has 0 bridgehead atoms. The van der Waals surface area contributed by atoms with Crippen LogP contribution in [0, 0.1) is 0 Å². The van der Waals surface area contributed by atoms with E-state index in [-0.39, 0.29) is 11.5 Å². The van der Waals surface area contributed by atoms with Crippen molar-refractivity contribution in [2.45, 2.75) is 33.1 Å². The molecule has 0 aliphatic carbocycles. The van der Waals surface area contributed by atoms with E-state index in [0.717, 1.165) is 24.8 Å². The first-order chi connectivity index (χ1) is 8.97. The van der Waals surface area contributed by atoms with E-state index in [4.69, 9.17) is 5.11 Å². The average Bonchev–Trinajstić information content (AvgIpc) is 2.35. The molecule has 0 saturated carbocycles. The van der Waals surface area contributed by atoms with Crippen molar-refractivity contribution in [3.63, 3.8) is 0 Å². The van der Waals surface area contributed by atoms with Crippen LogP contribution in [-0.4, -0.2) is 30.8 Å². The maximum atomic E-state index is 10.3. The van der Waals surface area contributed by atoms with E-state index >= 15 is 0 Å². The largest absolute Gasteiger partial charge is 0.513 e. The van der Waals surface area contributed by atoms with Crippen LogP contribution in [0.4, 0.5) is 0 Å². The van der Waals surface area contributed by atoms with Crippen molar-refractivity contribution in [2.75, 3.05) is 13.6 Å². The van der Waals surface area contributed by atoms with E-state index in [9.17, 15) is 9.59 Å². The molecule has 0 unspecified atom stereocenters. The van der Waals surface area contributed by atoms with Crippen molar-refractivity contribution in [2.24, 2.45) is 0 Å². The molecule has 0 heterocycles. The minimum absolute atomic E-state index is 0.218. The SMILES string of the molecule is C=C/C(=C\C=C(/C)O)CC=O.CNCCCC(C)=O. The third-order valence-corrected chi connectivity index (χ3v) is 2.08. The second-order valence-corrected chi connectivity index (χ2v) is 4.03. The molecule has 2 N–H and O–H groups in total. The molecule has 0 aromatic heterocycles. The standard InChI is InChI=1S/C9H12O2.C6H13NO/c1-3-9(6-7-10)5-4-8(2)11;1-6(8)4-3-5-7-2/h3-5,7,11H,1,6H2,2H3;7H,3-5H2,1-2H3/b8-4+,9-5+;. The fourth-order valence-electron chi connectivity index (χ4n) is 1.06. The van der Waals surface area contributed by atoms with Gasteiger partial charge in [-0.25, -0.2) is 0 Å². The Balaban J connectivity index is 0. The summed E-state index contributed by atoms with van der Waals surface area (Å²) >= 11 is 0. The van der Waals surface area contributed by atoms with Crippen molar-refractivity contribution in [3.8, 4) is 0 Å².